The number of nitrogens with zero attached hydrogens (tertiary/aromatic N) is 3. The summed E-state index contributed by atoms with van der Waals surface area (Å²) < 4.78 is 8.76. The third kappa shape index (κ3) is 4.94. The topological polar surface area (TPSA) is 88.7 Å². The van der Waals surface area contributed by atoms with Crippen LogP contribution in [0.25, 0.3) is 21.8 Å². The minimum atomic E-state index is -0.325. The molecule has 1 aromatic heterocycles. The number of ether oxygens (including phenoxy) is 1. The Hall–Kier alpha value is -4.17. The highest BCUT2D eigenvalue weighted by Crippen LogP contribution is 2.28. The van der Waals surface area contributed by atoms with Crippen molar-refractivity contribution in [3.63, 3.8) is 0 Å². The van der Waals surface area contributed by atoms with Crippen LogP contribution in [-0.2, 0) is 17.9 Å². The monoisotopic (exact) mass is 542 g/mol. The van der Waals surface area contributed by atoms with E-state index in [0.717, 1.165) is 37.6 Å². The molecule has 0 atom stereocenters. The second kappa shape index (κ2) is 10.2. The van der Waals surface area contributed by atoms with Crippen LogP contribution in [0.5, 0.6) is 11.5 Å². The number of aromatic hydroxyl groups is 1. The molecule has 36 heavy (non-hydrogen) atoms. The fourth-order valence-corrected chi connectivity index (χ4v) is 4.45. The molecule has 7 nitrogen and oxygen atoms in total. The quantitative estimate of drug-likeness (QED) is 0.204. The van der Waals surface area contributed by atoms with Crippen molar-refractivity contribution in [1.82, 2.24) is 15.0 Å². The number of hydrogen-bond acceptors (Lipinski definition) is 5. The van der Waals surface area contributed by atoms with E-state index in [-0.39, 0.29) is 24.8 Å². The first-order valence-corrected chi connectivity index (χ1v) is 12.1. The third-order valence-electron chi connectivity index (χ3n) is 5.87. The Labute approximate surface area is 216 Å². The van der Waals surface area contributed by atoms with Crippen LogP contribution >= 0.6 is 15.9 Å². The highest BCUT2D eigenvalue weighted by Gasteiger charge is 2.14. The van der Waals surface area contributed by atoms with Gasteiger partial charge in [-0.15, -0.1) is 0 Å². The van der Waals surface area contributed by atoms with Gasteiger partial charge in [0.25, 0.3) is 5.91 Å². The maximum Gasteiger partial charge on any atom is 0.260 e. The van der Waals surface area contributed by atoms with Gasteiger partial charge in [0.1, 0.15) is 30.5 Å². The molecule has 0 bridgehead atoms. The molecule has 2 N–H and O–H groups in total. The number of hydrogen-bond donors (Lipinski definition) is 2. The van der Waals surface area contributed by atoms with Crippen LogP contribution in [0.2, 0.25) is 0 Å². The number of phenols is 1. The van der Waals surface area contributed by atoms with E-state index in [1.54, 1.807) is 6.07 Å². The average molecular weight is 543 g/mol. The number of hydrazone groups is 1. The molecule has 0 aliphatic rings. The van der Waals surface area contributed by atoms with E-state index in [1.165, 1.54) is 6.21 Å². The summed E-state index contributed by atoms with van der Waals surface area (Å²) in [5.74, 6) is 1.16. The number of rotatable bonds is 7. The van der Waals surface area contributed by atoms with E-state index in [9.17, 15) is 9.90 Å². The smallest absolute Gasteiger partial charge is 0.260 e. The maximum atomic E-state index is 12.8. The molecule has 0 spiro atoms. The zero-order chi connectivity index (χ0) is 25.1. The minimum Gasteiger partial charge on any atom is -0.507 e. The van der Waals surface area contributed by atoms with Gasteiger partial charge in [0.05, 0.1) is 17.2 Å². The molecule has 1 heterocycles. The van der Waals surface area contributed by atoms with Crippen molar-refractivity contribution < 1.29 is 14.6 Å². The molecule has 0 saturated heterocycles. The van der Waals surface area contributed by atoms with E-state index in [0.29, 0.717) is 11.4 Å². The first-order chi connectivity index (χ1) is 17.5. The molecule has 5 aromatic rings. The van der Waals surface area contributed by atoms with Crippen LogP contribution in [0.1, 0.15) is 17.0 Å². The van der Waals surface area contributed by atoms with Crippen molar-refractivity contribution >= 4 is 49.9 Å². The normalized spacial score (nSPS) is 11.4. The molecule has 0 radical (unpaired) electrons. The maximum absolute atomic E-state index is 12.8. The van der Waals surface area contributed by atoms with Crippen molar-refractivity contribution in [2.75, 3.05) is 0 Å². The van der Waals surface area contributed by atoms with Gasteiger partial charge in [-0.25, -0.2) is 10.4 Å². The summed E-state index contributed by atoms with van der Waals surface area (Å²) >= 11 is 3.46. The molecule has 180 valence electrons. The third-order valence-corrected chi connectivity index (χ3v) is 6.36. The van der Waals surface area contributed by atoms with Crippen molar-refractivity contribution in [3.8, 4) is 11.5 Å². The Kier molecular flexibility index (Phi) is 6.69. The molecular formula is C28H23BrN4O3. The lowest BCUT2D eigenvalue weighted by molar-refractivity contribution is -0.121. The predicted octanol–water partition coefficient (Wildman–Crippen LogP) is 5.70. The van der Waals surface area contributed by atoms with Gasteiger partial charge in [-0.2, -0.15) is 5.10 Å². The number of imidazole rings is 1. The summed E-state index contributed by atoms with van der Waals surface area (Å²) in [6.07, 6.45) is 1.46. The zero-order valence-electron chi connectivity index (χ0n) is 19.5. The van der Waals surface area contributed by atoms with E-state index in [4.69, 9.17) is 4.74 Å². The first-order valence-electron chi connectivity index (χ1n) is 11.4. The molecule has 0 aliphatic heterocycles. The van der Waals surface area contributed by atoms with E-state index in [2.05, 4.69) is 31.4 Å². The number of carbonyl (C=O) groups excluding carboxylic acids is 1. The Bertz CT molecular complexity index is 1610. The predicted molar refractivity (Wildman–Crippen MR) is 144 cm³/mol. The van der Waals surface area contributed by atoms with Crippen LogP contribution in [0.15, 0.2) is 88.4 Å². The van der Waals surface area contributed by atoms with Gasteiger partial charge in [0.2, 0.25) is 0 Å². The molecule has 0 fully saturated rings. The van der Waals surface area contributed by atoms with Gasteiger partial charge >= 0.3 is 0 Å². The number of phenolic OH excluding ortho intramolecular Hbond substituents is 1. The summed E-state index contributed by atoms with van der Waals surface area (Å²) in [6.45, 7) is 2.21. The fraction of sp³-hybridized carbons (Fsp3) is 0.107. The van der Waals surface area contributed by atoms with Crippen molar-refractivity contribution in [2.24, 2.45) is 5.10 Å². The van der Waals surface area contributed by atoms with Crippen LogP contribution in [0, 0.1) is 6.92 Å². The fourth-order valence-electron chi connectivity index (χ4n) is 4.07. The number of aryl methyl sites for hydroxylation is 1. The summed E-state index contributed by atoms with van der Waals surface area (Å²) in [6, 6.07) is 24.6. The number of aromatic nitrogens is 2. The molecule has 8 heteroatoms. The lowest BCUT2D eigenvalue weighted by atomic mass is 10.0. The number of fused-ring (bicyclic) bond motifs is 2. The highest BCUT2D eigenvalue weighted by molar-refractivity contribution is 9.10. The number of benzene rings is 4. The van der Waals surface area contributed by atoms with E-state index < -0.39 is 0 Å². The Morgan fingerprint density at radius 3 is 2.78 bits per heavy atom. The highest BCUT2D eigenvalue weighted by atomic mass is 79.9. The number of amides is 1. The lowest BCUT2D eigenvalue weighted by Gasteiger charge is -2.11. The lowest BCUT2D eigenvalue weighted by Crippen LogP contribution is -2.24. The molecule has 4 aromatic carbocycles. The molecule has 1 amide bonds. The van der Waals surface area contributed by atoms with Crippen LogP contribution in [0.4, 0.5) is 0 Å². The van der Waals surface area contributed by atoms with Gasteiger partial charge in [-0.3, -0.25) is 4.79 Å². The average Bonchev–Trinajstić information content (AvgIpc) is 3.22. The van der Waals surface area contributed by atoms with Crippen molar-refractivity contribution in [1.29, 1.82) is 0 Å². The van der Waals surface area contributed by atoms with Crippen molar-refractivity contribution in [2.45, 2.75) is 20.1 Å². The first kappa shape index (κ1) is 23.6. The second-order valence-corrected chi connectivity index (χ2v) is 9.23. The summed E-state index contributed by atoms with van der Waals surface area (Å²) in [5, 5.41) is 16.2. The Morgan fingerprint density at radius 2 is 1.92 bits per heavy atom. The molecular weight excluding hydrogens is 520 g/mol. The molecule has 0 unspecified atom stereocenters. The van der Waals surface area contributed by atoms with Crippen LogP contribution < -0.4 is 10.2 Å². The SMILES string of the molecule is Cc1ccccc1OCc1nc2ccccc2n1CC(=O)N/N=C\c1c(O)ccc2cc(Br)ccc12. The number of halogens is 1. The summed E-state index contributed by atoms with van der Waals surface area (Å²) in [7, 11) is 0. The Balaban J connectivity index is 1.35. The largest absolute Gasteiger partial charge is 0.507 e. The Morgan fingerprint density at radius 1 is 1.11 bits per heavy atom. The van der Waals surface area contributed by atoms with E-state index in [1.807, 2.05) is 84.3 Å². The summed E-state index contributed by atoms with van der Waals surface area (Å²) in [4.78, 5) is 17.5. The van der Waals surface area contributed by atoms with Crippen molar-refractivity contribution in [3.05, 3.63) is 100 Å². The zero-order valence-corrected chi connectivity index (χ0v) is 21.1. The van der Waals surface area contributed by atoms with Gasteiger partial charge in [0, 0.05) is 10.0 Å². The number of nitrogens with one attached hydrogen (secondary N) is 1. The van der Waals surface area contributed by atoms with Gasteiger partial charge in [-0.1, -0.05) is 58.4 Å². The molecule has 0 aliphatic carbocycles. The molecule has 5 rings (SSSR count). The van der Waals surface area contributed by atoms with E-state index >= 15 is 0 Å². The van der Waals surface area contributed by atoms with Gasteiger partial charge in [0.15, 0.2) is 0 Å². The number of para-hydroxylation sites is 3. The number of carbonyl (C=O) groups is 1. The summed E-state index contributed by atoms with van der Waals surface area (Å²) in [5.41, 5.74) is 5.73. The van der Waals surface area contributed by atoms with Crippen LogP contribution in [0.3, 0.4) is 0 Å². The van der Waals surface area contributed by atoms with Gasteiger partial charge in [-0.05, 0) is 59.7 Å². The van der Waals surface area contributed by atoms with Crippen LogP contribution in [-0.4, -0.2) is 26.8 Å². The minimum absolute atomic E-state index is 0.0127. The van der Waals surface area contributed by atoms with Gasteiger partial charge < -0.3 is 14.4 Å². The standard InChI is InChI=1S/C28H23BrN4O3/c1-18-6-2-5-9-26(18)36-17-27-31-23-7-3-4-8-24(23)33(27)16-28(35)32-30-15-22-21-12-11-20(29)14-19(21)10-13-25(22)34/h2-15,34H,16-17H2,1H3,(H,32,35)/b30-15-. The second-order valence-electron chi connectivity index (χ2n) is 8.31. The molecule has 0 saturated carbocycles.